The van der Waals surface area contributed by atoms with Crippen LogP contribution in [0.4, 0.5) is 0 Å². The summed E-state index contributed by atoms with van der Waals surface area (Å²) in [5, 5.41) is 16.9. The highest BCUT2D eigenvalue weighted by atomic mass is 32.1. The van der Waals surface area contributed by atoms with E-state index in [1.807, 2.05) is 6.07 Å². The van der Waals surface area contributed by atoms with Crippen LogP contribution >= 0.6 is 11.3 Å². The Morgan fingerprint density at radius 2 is 2.24 bits per heavy atom. The quantitative estimate of drug-likeness (QED) is 0.565. The lowest BCUT2D eigenvalue weighted by molar-refractivity contribution is -0.134. The molecule has 0 amide bonds. The zero-order chi connectivity index (χ0) is 13.0. The third-order valence-corrected chi connectivity index (χ3v) is 2.97. The maximum Gasteiger partial charge on any atom is 0.300 e. The Morgan fingerprint density at radius 1 is 1.65 bits per heavy atom. The van der Waals surface area contributed by atoms with Gasteiger partial charge in [0.1, 0.15) is 5.84 Å². The van der Waals surface area contributed by atoms with Gasteiger partial charge in [0.15, 0.2) is 0 Å². The molecule has 0 aromatic carbocycles. The summed E-state index contributed by atoms with van der Waals surface area (Å²) in [6.07, 6.45) is 0. The molecule has 4 N–H and O–H groups in total. The molecule has 0 bridgehead atoms. The van der Waals surface area contributed by atoms with Crippen LogP contribution in [-0.2, 0) is 11.3 Å². The zero-order valence-electron chi connectivity index (χ0n) is 9.73. The fourth-order valence-corrected chi connectivity index (χ4v) is 2.36. The highest BCUT2D eigenvalue weighted by Gasteiger charge is 2.09. The monoisotopic (exact) mass is 253 g/mol. The van der Waals surface area contributed by atoms with Crippen LogP contribution < -0.4 is 5.73 Å². The Hall–Kier alpha value is -1.82. The molecular formula is C11H15N3O2S. The molecule has 0 unspecified atom stereocenters. The Kier molecular flexibility index (Phi) is 4.28. The summed E-state index contributed by atoms with van der Waals surface area (Å²) in [5.74, 6) is -0.690. The third-order valence-electron chi connectivity index (χ3n) is 2.11. The smallest absolute Gasteiger partial charge is 0.300 e. The van der Waals surface area contributed by atoms with E-state index in [2.05, 4.69) is 22.9 Å². The second-order valence-corrected chi connectivity index (χ2v) is 4.32. The lowest BCUT2D eigenvalue weighted by Crippen LogP contribution is -2.16. The number of amidine groups is 1. The number of aryl methyl sites for hydroxylation is 1. The number of thiophene rings is 1. The molecule has 2 rings (SSSR count). The largest absolute Gasteiger partial charge is 0.481 e. The lowest BCUT2D eigenvalue weighted by Gasteiger charge is -2.04. The van der Waals surface area contributed by atoms with Gasteiger partial charge in [-0.1, -0.05) is 0 Å². The maximum atomic E-state index is 9.00. The van der Waals surface area contributed by atoms with Crippen molar-refractivity contribution in [3.63, 3.8) is 0 Å². The number of carbonyl (C=O) groups is 1. The summed E-state index contributed by atoms with van der Waals surface area (Å²) in [4.78, 5) is 9.00. The molecule has 0 spiro atoms. The van der Waals surface area contributed by atoms with Gasteiger partial charge in [0, 0.05) is 13.5 Å². The van der Waals surface area contributed by atoms with Gasteiger partial charge in [-0.3, -0.25) is 10.2 Å². The number of rotatable bonds is 2. The predicted octanol–water partition coefficient (Wildman–Crippen LogP) is 2.10. The minimum Gasteiger partial charge on any atom is -0.481 e. The molecule has 17 heavy (non-hydrogen) atoms. The Labute approximate surface area is 103 Å². The summed E-state index contributed by atoms with van der Waals surface area (Å²) < 4.78 is 3.26. The van der Waals surface area contributed by atoms with Gasteiger partial charge < -0.3 is 15.4 Å². The van der Waals surface area contributed by atoms with Gasteiger partial charge in [-0.15, -0.1) is 11.3 Å². The van der Waals surface area contributed by atoms with Crippen LogP contribution in [0.2, 0.25) is 0 Å². The first-order chi connectivity index (χ1) is 7.97. The fourth-order valence-electron chi connectivity index (χ4n) is 1.54. The van der Waals surface area contributed by atoms with Crippen LogP contribution in [0.1, 0.15) is 19.5 Å². The molecule has 0 aliphatic heterocycles. The van der Waals surface area contributed by atoms with Crippen molar-refractivity contribution in [3.05, 3.63) is 23.2 Å². The normalized spacial score (nSPS) is 9.76. The van der Waals surface area contributed by atoms with Crippen LogP contribution in [0.3, 0.4) is 0 Å². The number of carboxylic acid groups (broad SMARTS) is 1. The zero-order valence-corrected chi connectivity index (χ0v) is 10.5. The van der Waals surface area contributed by atoms with Gasteiger partial charge in [-0.05, 0) is 24.4 Å². The number of carboxylic acids is 1. The molecule has 0 aliphatic carbocycles. The molecule has 0 saturated heterocycles. The molecule has 0 atom stereocenters. The fraction of sp³-hybridized carbons (Fsp3) is 0.273. The van der Waals surface area contributed by atoms with Gasteiger partial charge in [0.2, 0.25) is 0 Å². The molecular weight excluding hydrogens is 238 g/mol. The van der Waals surface area contributed by atoms with E-state index in [0.717, 1.165) is 19.2 Å². The molecule has 2 aromatic heterocycles. The van der Waals surface area contributed by atoms with Crippen LogP contribution in [0, 0.1) is 5.41 Å². The first-order valence-electron chi connectivity index (χ1n) is 5.08. The number of nitrogens with one attached hydrogen (secondary N) is 1. The summed E-state index contributed by atoms with van der Waals surface area (Å²) in [6, 6.07) is 4.04. The number of fused-ring (bicyclic) bond motifs is 1. The number of hydrogen-bond donors (Lipinski definition) is 3. The molecule has 6 heteroatoms. The van der Waals surface area contributed by atoms with Gasteiger partial charge >= 0.3 is 0 Å². The Morgan fingerprint density at radius 3 is 2.71 bits per heavy atom. The van der Waals surface area contributed by atoms with E-state index in [-0.39, 0.29) is 5.84 Å². The lowest BCUT2D eigenvalue weighted by atomic mass is 10.4. The van der Waals surface area contributed by atoms with E-state index in [4.69, 9.17) is 21.0 Å². The number of nitrogens with zero attached hydrogens (tertiary/aromatic N) is 1. The van der Waals surface area contributed by atoms with Crippen LogP contribution in [0.5, 0.6) is 0 Å². The standard InChI is InChI=1S/C9H11N3S.C2H4O2/c1-2-12-6-3-4-13-8(6)5-7(12)9(10)11;1-2(3)4/h3-5H,2H2,1H3,(H3,10,11);1H3,(H,3,4). The van der Waals surface area contributed by atoms with E-state index in [1.54, 1.807) is 11.3 Å². The third kappa shape index (κ3) is 3.07. The molecule has 0 aliphatic rings. The number of nitrogen functional groups attached to an aromatic ring is 1. The SMILES string of the molecule is CC(=O)O.CCn1c(C(=N)N)cc2sccc21. The van der Waals surface area contributed by atoms with Gasteiger partial charge in [0.25, 0.3) is 5.97 Å². The first-order valence-corrected chi connectivity index (χ1v) is 5.96. The number of aliphatic carboxylic acids is 1. The topological polar surface area (TPSA) is 92.1 Å². The minimum atomic E-state index is -0.833. The van der Waals surface area contributed by atoms with Gasteiger partial charge in [-0.2, -0.15) is 0 Å². The van der Waals surface area contributed by atoms with Crippen LogP contribution in [0.15, 0.2) is 17.5 Å². The summed E-state index contributed by atoms with van der Waals surface area (Å²) in [5.41, 5.74) is 7.48. The average Bonchev–Trinajstić information content (AvgIpc) is 2.74. The van der Waals surface area contributed by atoms with Crippen LogP contribution in [-0.4, -0.2) is 21.5 Å². The molecule has 92 valence electrons. The number of aromatic nitrogens is 1. The second kappa shape index (κ2) is 5.49. The van der Waals surface area contributed by atoms with Gasteiger partial charge in [-0.25, -0.2) is 0 Å². The Bertz CT molecular complexity index is 538. The molecule has 0 fully saturated rings. The second-order valence-electron chi connectivity index (χ2n) is 3.38. The van der Waals surface area contributed by atoms with Crippen molar-refractivity contribution in [1.29, 1.82) is 5.41 Å². The van der Waals surface area contributed by atoms with Crippen LogP contribution in [0.25, 0.3) is 10.2 Å². The van der Waals surface area contributed by atoms with E-state index >= 15 is 0 Å². The van der Waals surface area contributed by atoms with Gasteiger partial charge in [0.05, 0.1) is 15.9 Å². The molecule has 0 radical (unpaired) electrons. The summed E-state index contributed by atoms with van der Waals surface area (Å²) in [6.45, 7) is 4.00. The highest BCUT2D eigenvalue weighted by molar-refractivity contribution is 7.17. The number of hydrogen-bond acceptors (Lipinski definition) is 3. The maximum absolute atomic E-state index is 9.00. The highest BCUT2D eigenvalue weighted by Crippen LogP contribution is 2.24. The van der Waals surface area contributed by atoms with Crippen molar-refractivity contribution in [3.8, 4) is 0 Å². The van der Waals surface area contributed by atoms with Crippen molar-refractivity contribution >= 4 is 33.4 Å². The minimum absolute atomic E-state index is 0.144. The van der Waals surface area contributed by atoms with E-state index in [0.29, 0.717) is 0 Å². The summed E-state index contributed by atoms with van der Waals surface area (Å²) >= 11 is 1.68. The van der Waals surface area contributed by atoms with Crippen molar-refractivity contribution < 1.29 is 9.90 Å². The van der Waals surface area contributed by atoms with E-state index in [9.17, 15) is 0 Å². The summed E-state index contributed by atoms with van der Waals surface area (Å²) in [7, 11) is 0. The van der Waals surface area contributed by atoms with Crippen molar-refractivity contribution in [1.82, 2.24) is 4.57 Å². The molecule has 2 heterocycles. The van der Waals surface area contributed by atoms with Crippen molar-refractivity contribution in [2.24, 2.45) is 5.73 Å². The molecule has 2 aromatic rings. The van der Waals surface area contributed by atoms with E-state index in [1.165, 1.54) is 10.2 Å². The predicted molar refractivity (Wildman–Crippen MR) is 69.8 cm³/mol. The average molecular weight is 253 g/mol. The molecule has 5 nitrogen and oxygen atoms in total. The van der Waals surface area contributed by atoms with Crippen molar-refractivity contribution in [2.45, 2.75) is 20.4 Å². The first kappa shape index (κ1) is 13.2. The number of nitrogens with two attached hydrogens (primary N) is 1. The van der Waals surface area contributed by atoms with Crippen molar-refractivity contribution in [2.75, 3.05) is 0 Å². The molecule has 0 saturated carbocycles. The van der Waals surface area contributed by atoms with E-state index < -0.39 is 5.97 Å². The Balaban J connectivity index is 0.000000317.